The fraction of sp³-hybridized carbons (Fsp3) is 0.600. The lowest BCUT2D eigenvalue weighted by Crippen LogP contribution is -2.53. The average Bonchev–Trinajstić information content (AvgIpc) is 2.61. The van der Waals surface area contributed by atoms with Crippen molar-refractivity contribution in [2.45, 2.75) is 34.1 Å². The molecule has 1 aromatic rings. The predicted octanol–water partition coefficient (Wildman–Crippen LogP) is 2.27. The number of hydrogen-bond acceptors (Lipinski definition) is 4. The molecular formula is C20H30N2O4. The van der Waals surface area contributed by atoms with Crippen molar-refractivity contribution in [3.63, 3.8) is 0 Å². The Kier molecular flexibility index (Phi) is 6.16. The number of rotatable bonds is 4. The van der Waals surface area contributed by atoms with Gasteiger partial charge >= 0.3 is 0 Å². The van der Waals surface area contributed by atoms with Gasteiger partial charge < -0.3 is 19.3 Å². The van der Waals surface area contributed by atoms with Crippen molar-refractivity contribution in [1.82, 2.24) is 9.80 Å². The van der Waals surface area contributed by atoms with Crippen LogP contribution in [0.1, 0.15) is 31.9 Å². The first kappa shape index (κ1) is 20.1. The number of ether oxygens (including phenoxy) is 2. The van der Waals surface area contributed by atoms with Crippen LogP contribution in [0.15, 0.2) is 12.1 Å². The fourth-order valence-electron chi connectivity index (χ4n) is 3.28. The Bertz CT molecular complexity index is 671. The number of hydrogen-bond donors (Lipinski definition) is 0. The molecule has 1 fully saturated rings. The first-order chi connectivity index (χ1) is 12.2. The molecule has 0 bridgehead atoms. The van der Waals surface area contributed by atoms with E-state index in [0.717, 1.165) is 16.9 Å². The molecule has 0 aliphatic carbocycles. The lowest BCUT2D eigenvalue weighted by Gasteiger charge is -2.37. The molecule has 0 unspecified atom stereocenters. The molecule has 1 aromatic carbocycles. The molecule has 2 amide bonds. The number of amides is 2. The van der Waals surface area contributed by atoms with Gasteiger partial charge in [0.2, 0.25) is 11.8 Å². The van der Waals surface area contributed by atoms with Gasteiger partial charge in [-0.1, -0.05) is 26.8 Å². The average molecular weight is 362 g/mol. The van der Waals surface area contributed by atoms with E-state index in [0.29, 0.717) is 31.9 Å². The van der Waals surface area contributed by atoms with Crippen molar-refractivity contribution < 1.29 is 19.1 Å². The zero-order chi connectivity index (χ0) is 19.5. The lowest BCUT2D eigenvalue weighted by molar-refractivity contribution is -0.144. The summed E-state index contributed by atoms with van der Waals surface area (Å²) in [5, 5.41) is 0. The van der Waals surface area contributed by atoms with E-state index in [1.807, 2.05) is 49.6 Å². The highest BCUT2D eigenvalue weighted by Gasteiger charge is 2.31. The fourth-order valence-corrected chi connectivity index (χ4v) is 3.28. The molecule has 144 valence electrons. The quantitative estimate of drug-likeness (QED) is 0.824. The maximum Gasteiger partial charge on any atom is 0.228 e. The number of methoxy groups -OCH3 is 2. The van der Waals surface area contributed by atoms with Crippen LogP contribution in [-0.4, -0.2) is 62.0 Å². The maximum absolute atomic E-state index is 12.7. The Labute approximate surface area is 156 Å². The van der Waals surface area contributed by atoms with Crippen LogP contribution >= 0.6 is 0 Å². The maximum atomic E-state index is 12.7. The molecule has 26 heavy (non-hydrogen) atoms. The minimum atomic E-state index is -0.389. The minimum absolute atomic E-state index is 0.0516. The molecule has 1 aliphatic rings. The minimum Gasteiger partial charge on any atom is -0.496 e. The van der Waals surface area contributed by atoms with Gasteiger partial charge in [0.25, 0.3) is 0 Å². The van der Waals surface area contributed by atoms with E-state index in [-0.39, 0.29) is 23.7 Å². The van der Waals surface area contributed by atoms with E-state index in [4.69, 9.17) is 9.47 Å². The number of benzene rings is 1. The Morgan fingerprint density at radius 2 is 1.58 bits per heavy atom. The molecular weight excluding hydrogens is 332 g/mol. The Balaban J connectivity index is 2.02. The summed E-state index contributed by atoms with van der Waals surface area (Å²) in [4.78, 5) is 28.7. The van der Waals surface area contributed by atoms with Crippen LogP contribution in [0.5, 0.6) is 11.5 Å². The smallest absolute Gasteiger partial charge is 0.228 e. The van der Waals surface area contributed by atoms with Crippen molar-refractivity contribution in [1.29, 1.82) is 0 Å². The first-order valence-corrected chi connectivity index (χ1v) is 8.96. The molecule has 0 atom stereocenters. The topological polar surface area (TPSA) is 59.1 Å². The number of carbonyl (C=O) groups excluding carboxylic acids is 2. The third-order valence-corrected chi connectivity index (χ3v) is 4.76. The van der Waals surface area contributed by atoms with E-state index < -0.39 is 0 Å². The van der Waals surface area contributed by atoms with Crippen molar-refractivity contribution in [3.8, 4) is 11.5 Å². The van der Waals surface area contributed by atoms with Gasteiger partial charge in [-0.2, -0.15) is 0 Å². The molecule has 6 nitrogen and oxygen atoms in total. The third-order valence-electron chi connectivity index (χ3n) is 4.76. The second kappa shape index (κ2) is 7.98. The van der Waals surface area contributed by atoms with Crippen LogP contribution in [0, 0.1) is 12.3 Å². The molecule has 0 N–H and O–H groups in total. The summed E-state index contributed by atoms with van der Waals surface area (Å²) in [6.07, 6.45) is 0.279. The zero-order valence-corrected chi connectivity index (χ0v) is 16.7. The Hall–Kier alpha value is -2.24. The second-order valence-corrected chi connectivity index (χ2v) is 7.68. The molecule has 1 saturated heterocycles. The molecule has 0 radical (unpaired) electrons. The van der Waals surface area contributed by atoms with Gasteiger partial charge in [0.05, 0.1) is 20.6 Å². The van der Waals surface area contributed by atoms with Crippen molar-refractivity contribution in [2.24, 2.45) is 5.41 Å². The van der Waals surface area contributed by atoms with Gasteiger partial charge in [0.1, 0.15) is 11.5 Å². The SMILES string of the molecule is COc1ccc(CC(=O)N2CCN(C(=O)C(C)(C)C)CC2)c(OC)c1C. The third kappa shape index (κ3) is 4.29. The summed E-state index contributed by atoms with van der Waals surface area (Å²) in [7, 11) is 3.22. The molecule has 6 heteroatoms. The monoisotopic (exact) mass is 362 g/mol. The Morgan fingerprint density at radius 1 is 1.00 bits per heavy atom. The summed E-state index contributed by atoms with van der Waals surface area (Å²) in [6, 6.07) is 3.74. The highest BCUT2D eigenvalue weighted by atomic mass is 16.5. The standard InChI is InChI=1S/C20H30N2O4/c1-14-16(25-5)8-7-15(18(14)26-6)13-17(23)21-9-11-22(12-10-21)19(24)20(2,3)4/h7-8H,9-13H2,1-6H3. The van der Waals surface area contributed by atoms with Crippen molar-refractivity contribution >= 4 is 11.8 Å². The summed E-state index contributed by atoms with van der Waals surface area (Å²) in [5.41, 5.74) is 1.35. The van der Waals surface area contributed by atoms with Gasteiger partial charge in [-0.25, -0.2) is 0 Å². The highest BCUT2D eigenvalue weighted by molar-refractivity contribution is 5.83. The van der Waals surface area contributed by atoms with Gasteiger partial charge in [-0.05, 0) is 13.0 Å². The van der Waals surface area contributed by atoms with E-state index in [2.05, 4.69) is 0 Å². The molecule has 1 heterocycles. The number of carbonyl (C=O) groups is 2. The van der Waals surface area contributed by atoms with Crippen LogP contribution in [0.2, 0.25) is 0 Å². The molecule has 0 aromatic heterocycles. The van der Waals surface area contributed by atoms with Gasteiger partial charge in [-0.3, -0.25) is 9.59 Å². The van der Waals surface area contributed by atoms with E-state index in [1.54, 1.807) is 14.2 Å². The normalized spacial score (nSPS) is 15.0. The van der Waals surface area contributed by atoms with Crippen LogP contribution < -0.4 is 9.47 Å². The van der Waals surface area contributed by atoms with Crippen molar-refractivity contribution in [2.75, 3.05) is 40.4 Å². The highest BCUT2D eigenvalue weighted by Crippen LogP contribution is 2.31. The van der Waals surface area contributed by atoms with Crippen molar-refractivity contribution in [3.05, 3.63) is 23.3 Å². The zero-order valence-electron chi connectivity index (χ0n) is 16.7. The Morgan fingerprint density at radius 3 is 2.08 bits per heavy atom. The summed E-state index contributed by atoms with van der Waals surface area (Å²) >= 11 is 0. The molecule has 1 aliphatic heterocycles. The molecule has 0 saturated carbocycles. The molecule has 2 rings (SSSR count). The predicted molar refractivity (Wildman–Crippen MR) is 101 cm³/mol. The summed E-state index contributed by atoms with van der Waals surface area (Å²) < 4.78 is 10.8. The molecule has 0 spiro atoms. The first-order valence-electron chi connectivity index (χ1n) is 8.96. The van der Waals surface area contributed by atoms with Crippen LogP contribution in [0.4, 0.5) is 0 Å². The van der Waals surface area contributed by atoms with Crippen LogP contribution in [-0.2, 0) is 16.0 Å². The lowest BCUT2D eigenvalue weighted by atomic mass is 9.94. The number of nitrogens with zero attached hydrogens (tertiary/aromatic N) is 2. The van der Waals surface area contributed by atoms with E-state index >= 15 is 0 Å². The van der Waals surface area contributed by atoms with Crippen LogP contribution in [0.3, 0.4) is 0 Å². The van der Waals surface area contributed by atoms with Gasteiger partial charge in [-0.15, -0.1) is 0 Å². The number of piperazine rings is 1. The summed E-state index contributed by atoms with van der Waals surface area (Å²) in [6.45, 7) is 9.99. The van der Waals surface area contributed by atoms with Crippen LogP contribution in [0.25, 0.3) is 0 Å². The second-order valence-electron chi connectivity index (χ2n) is 7.68. The van der Waals surface area contributed by atoms with Gasteiger partial charge in [0, 0.05) is 42.7 Å². The largest absolute Gasteiger partial charge is 0.496 e. The van der Waals surface area contributed by atoms with E-state index in [1.165, 1.54) is 0 Å². The van der Waals surface area contributed by atoms with Gasteiger partial charge in [0.15, 0.2) is 0 Å². The van der Waals surface area contributed by atoms with E-state index in [9.17, 15) is 9.59 Å². The summed E-state index contributed by atoms with van der Waals surface area (Å²) in [5.74, 6) is 1.62.